The van der Waals surface area contributed by atoms with Gasteiger partial charge in [0.25, 0.3) is 0 Å². The summed E-state index contributed by atoms with van der Waals surface area (Å²) in [5.74, 6) is 0.193. The lowest BCUT2D eigenvalue weighted by molar-refractivity contribution is 0.274. The van der Waals surface area contributed by atoms with Gasteiger partial charge in [-0.2, -0.15) is 0 Å². The summed E-state index contributed by atoms with van der Waals surface area (Å²) in [6.07, 6.45) is 2.77. The van der Waals surface area contributed by atoms with Crippen LogP contribution in [0.1, 0.15) is 33.9 Å². The van der Waals surface area contributed by atoms with Crippen molar-refractivity contribution in [2.45, 2.75) is 26.2 Å². The van der Waals surface area contributed by atoms with Crippen molar-refractivity contribution in [3.63, 3.8) is 0 Å². The van der Waals surface area contributed by atoms with Gasteiger partial charge in [-0.15, -0.1) is 11.3 Å². The van der Waals surface area contributed by atoms with Crippen molar-refractivity contribution in [3.05, 3.63) is 51.5 Å². The van der Waals surface area contributed by atoms with Crippen molar-refractivity contribution < 1.29 is 5.11 Å². The zero-order valence-corrected chi connectivity index (χ0v) is 11.0. The Kier molecular flexibility index (Phi) is 3.92. The summed E-state index contributed by atoms with van der Waals surface area (Å²) in [5.41, 5.74) is 2.57. The van der Waals surface area contributed by atoms with Gasteiger partial charge in [0.05, 0.1) is 11.6 Å². The van der Waals surface area contributed by atoms with Gasteiger partial charge in [0.2, 0.25) is 0 Å². The first-order valence-corrected chi connectivity index (χ1v) is 6.61. The minimum atomic E-state index is 0.187. The SMILES string of the molecule is Cc1cccc(Cc2ncc(C(C)CO)s2)c1. The van der Waals surface area contributed by atoms with Crippen molar-refractivity contribution in [2.75, 3.05) is 6.61 Å². The van der Waals surface area contributed by atoms with Gasteiger partial charge < -0.3 is 5.11 Å². The molecule has 0 aliphatic carbocycles. The van der Waals surface area contributed by atoms with E-state index in [0.29, 0.717) is 0 Å². The molecule has 0 fully saturated rings. The maximum Gasteiger partial charge on any atom is 0.0971 e. The predicted molar refractivity (Wildman–Crippen MR) is 71.6 cm³/mol. The standard InChI is InChI=1S/C14H17NOS/c1-10-4-3-5-12(6-10)7-14-15-8-13(17-14)11(2)9-16/h3-6,8,11,16H,7,9H2,1-2H3. The first-order valence-electron chi connectivity index (χ1n) is 5.80. The van der Waals surface area contributed by atoms with E-state index in [2.05, 4.69) is 36.2 Å². The van der Waals surface area contributed by atoms with Gasteiger partial charge in [-0.3, -0.25) is 0 Å². The molecule has 0 amide bonds. The largest absolute Gasteiger partial charge is 0.396 e. The Labute approximate surface area is 106 Å². The minimum Gasteiger partial charge on any atom is -0.396 e. The molecule has 1 aromatic carbocycles. The summed E-state index contributed by atoms with van der Waals surface area (Å²) >= 11 is 1.70. The highest BCUT2D eigenvalue weighted by atomic mass is 32.1. The lowest BCUT2D eigenvalue weighted by Crippen LogP contribution is -1.94. The summed E-state index contributed by atoms with van der Waals surface area (Å²) in [6, 6.07) is 8.50. The van der Waals surface area contributed by atoms with Crippen LogP contribution in [0, 0.1) is 6.92 Å². The molecule has 1 unspecified atom stereocenters. The van der Waals surface area contributed by atoms with E-state index < -0.39 is 0 Å². The fourth-order valence-corrected chi connectivity index (χ4v) is 2.72. The lowest BCUT2D eigenvalue weighted by atomic mass is 10.1. The molecule has 0 radical (unpaired) electrons. The van der Waals surface area contributed by atoms with Gasteiger partial charge in [0.15, 0.2) is 0 Å². The molecule has 2 nitrogen and oxygen atoms in total. The number of hydrogen-bond acceptors (Lipinski definition) is 3. The minimum absolute atomic E-state index is 0.187. The molecule has 0 spiro atoms. The van der Waals surface area contributed by atoms with Gasteiger partial charge in [0.1, 0.15) is 0 Å². The Morgan fingerprint density at radius 1 is 1.41 bits per heavy atom. The zero-order valence-electron chi connectivity index (χ0n) is 10.2. The number of aliphatic hydroxyl groups is 1. The Morgan fingerprint density at radius 3 is 2.94 bits per heavy atom. The van der Waals surface area contributed by atoms with Crippen molar-refractivity contribution in [1.29, 1.82) is 0 Å². The molecule has 1 N–H and O–H groups in total. The van der Waals surface area contributed by atoms with Crippen LogP contribution in [-0.2, 0) is 6.42 Å². The van der Waals surface area contributed by atoms with E-state index in [1.54, 1.807) is 11.3 Å². The summed E-state index contributed by atoms with van der Waals surface area (Å²) < 4.78 is 0. The van der Waals surface area contributed by atoms with Crippen LogP contribution >= 0.6 is 11.3 Å². The number of hydrogen-bond donors (Lipinski definition) is 1. The Bertz CT molecular complexity index is 492. The fourth-order valence-electron chi connectivity index (χ4n) is 1.72. The average molecular weight is 247 g/mol. The second-order valence-electron chi connectivity index (χ2n) is 4.41. The lowest BCUT2D eigenvalue weighted by Gasteiger charge is -2.02. The molecule has 3 heteroatoms. The number of aryl methyl sites for hydroxylation is 1. The third kappa shape index (κ3) is 3.14. The van der Waals surface area contributed by atoms with E-state index >= 15 is 0 Å². The summed E-state index contributed by atoms with van der Waals surface area (Å²) in [4.78, 5) is 5.58. The molecule has 2 rings (SSSR count). The molecular formula is C14H17NOS. The molecule has 0 saturated heterocycles. The first kappa shape index (κ1) is 12.3. The second-order valence-corrected chi connectivity index (χ2v) is 5.55. The summed E-state index contributed by atoms with van der Waals surface area (Å²) in [7, 11) is 0. The van der Waals surface area contributed by atoms with E-state index in [0.717, 1.165) is 16.3 Å². The third-order valence-corrected chi connectivity index (χ3v) is 4.00. The fraction of sp³-hybridized carbons (Fsp3) is 0.357. The van der Waals surface area contributed by atoms with Crippen LogP contribution in [-0.4, -0.2) is 16.7 Å². The van der Waals surface area contributed by atoms with Gasteiger partial charge >= 0.3 is 0 Å². The van der Waals surface area contributed by atoms with E-state index in [1.165, 1.54) is 11.1 Å². The van der Waals surface area contributed by atoms with Gasteiger partial charge in [-0.1, -0.05) is 36.8 Å². The molecule has 17 heavy (non-hydrogen) atoms. The van der Waals surface area contributed by atoms with Crippen molar-refractivity contribution >= 4 is 11.3 Å². The van der Waals surface area contributed by atoms with Gasteiger partial charge in [-0.05, 0) is 12.5 Å². The molecular weight excluding hydrogens is 230 g/mol. The Hall–Kier alpha value is -1.19. The monoisotopic (exact) mass is 247 g/mol. The van der Waals surface area contributed by atoms with E-state index in [-0.39, 0.29) is 12.5 Å². The van der Waals surface area contributed by atoms with Crippen LogP contribution in [0.25, 0.3) is 0 Å². The quantitative estimate of drug-likeness (QED) is 0.900. The maximum atomic E-state index is 9.10. The number of nitrogens with zero attached hydrogens (tertiary/aromatic N) is 1. The number of aromatic nitrogens is 1. The Balaban J connectivity index is 2.11. The van der Waals surface area contributed by atoms with Crippen LogP contribution in [0.15, 0.2) is 30.5 Å². The predicted octanol–water partition coefficient (Wildman–Crippen LogP) is 3.14. The molecule has 0 bridgehead atoms. The van der Waals surface area contributed by atoms with Gasteiger partial charge in [-0.25, -0.2) is 4.98 Å². The van der Waals surface area contributed by atoms with Crippen LogP contribution in [0.5, 0.6) is 0 Å². The van der Waals surface area contributed by atoms with E-state index in [4.69, 9.17) is 5.11 Å². The van der Waals surface area contributed by atoms with Crippen LogP contribution in [0.2, 0.25) is 0 Å². The van der Waals surface area contributed by atoms with Crippen LogP contribution in [0.4, 0.5) is 0 Å². The molecule has 90 valence electrons. The molecule has 1 heterocycles. The smallest absolute Gasteiger partial charge is 0.0971 e. The third-order valence-electron chi connectivity index (χ3n) is 2.77. The number of rotatable bonds is 4. The molecule has 2 aromatic rings. The molecule has 1 atom stereocenters. The topological polar surface area (TPSA) is 33.1 Å². The van der Waals surface area contributed by atoms with Gasteiger partial charge in [0, 0.05) is 23.4 Å². The summed E-state index contributed by atoms with van der Waals surface area (Å²) in [5, 5.41) is 10.2. The van der Waals surface area contributed by atoms with Crippen molar-refractivity contribution in [2.24, 2.45) is 0 Å². The zero-order chi connectivity index (χ0) is 12.3. The van der Waals surface area contributed by atoms with E-state index in [9.17, 15) is 0 Å². The maximum absolute atomic E-state index is 9.10. The number of aliphatic hydroxyl groups excluding tert-OH is 1. The number of thiazole rings is 1. The highest BCUT2D eigenvalue weighted by Gasteiger charge is 2.09. The molecule has 0 aliphatic heterocycles. The van der Waals surface area contributed by atoms with Crippen molar-refractivity contribution in [1.82, 2.24) is 4.98 Å². The van der Waals surface area contributed by atoms with Crippen LogP contribution in [0.3, 0.4) is 0 Å². The Morgan fingerprint density at radius 2 is 2.24 bits per heavy atom. The molecule has 0 saturated carbocycles. The number of benzene rings is 1. The summed E-state index contributed by atoms with van der Waals surface area (Å²) in [6.45, 7) is 4.31. The first-order chi connectivity index (χ1) is 8.19. The average Bonchev–Trinajstić information content (AvgIpc) is 2.76. The molecule has 0 aliphatic rings. The van der Waals surface area contributed by atoms with E-state index in [1.807, 2.05) is 13.1 Å². The highest BCUT2D eigenvalue weighted by Crippen LogP contribution is 2.23. The van der Waals surface area contributed by atoms with Crippen LogP contribution < -0.4 is 0 Å². The normalized spacial score (nSPS) is 12.6. The molecule has 1 aromatic heterocycles. The second kappa shape index (κ2) is 5.43. The highest BCUT2D eigenvalue weighted by molar-refractivity contribution is 7.11. The van der Waals surface area contributed by atoms with Crippen molar-refractivity contribution in [3.8, 4) is 0 Å².